The van der Waals surface area contributed by atoms with E-state index in [2.05, 4.69) is 6.58 Å². The fraction of sp³-hybridized carbons (Fsp3) is 0.762. The first-order valence-corrected chi connectivity index (χ1v) is 10.3. The van der Waals surface area contributed by atoms with Crippen LogP contribution >= 0.6 is 0 Å². The smallest absolute Gasteiger partial charge is 0.312 e. The molecule has 5 atom stereocenters. The van der Waals surface area contributed by atoms with Crippen molar-refractivity contribution in [2.24, 2.45) is 11.8 Å². The number of amides is 2. The maximum atomic E-state index is 13.7. The van der Waals surface area contributed by atoms with Crippen molar-refractivity contribution in [1.29, 1.82) is 0 Å². The molecule has 8 heteroatoms. The summed E-state index contributed by atoms with van der Waals surface area (Å²) in [6, 6.07) is -0.879. The third-order valence-corrected chi connectivity index (χ3v) is 6.32. The number of rotatable bonds is 7. The highest BCUT2D eigenvalue weighted by molar-refractivity contribution is 5.98. The number of carbonyl (C=O) groups is 3. The summed E-state index contributed by atoms with van der Waals surface area (Å²) in [6.07, 6.45) is 2.35. The Bertz CT molecular complexity index is 702. The van der Waals surface area contributed by atoms with Crippen LogP contribution in [0.25, 0.3) is 0 Å². The normalized spacial score (nSPS) is 33.0. The maximum absolute atomic E-state index is 13.7. The molecule has 8 nitrogen and oxygen atoms in total. The molecule has 2 bridgehead atoms. The first-order chi connectivity index (χ1) is 13.6. The average Bonchev–Trinajstić information content (AvgIpc) is 3.27. The van der Waals surface area contributed by atoms with Crippen LogP contribution in [0.3, 0.4) is 0 Å². The largest absolute Gasteiger partial charge is 0.466 e. The maximum Gasteiger partial charge on any atom is 0.312 e. The predicted octanol–water partition coefficient (Wildman–Crippen LogP) is 0.730. The van der Waals surface area contributed by atoms with Crippen LogP contribution in [0.5, 0.6) is 0 Å². The van der Waals surface area contributed by atoms with Crippen molar-refractivity contribution in [2.75, 3.05) is 26.3 Å². The topological polar surface area (TPSA) is 96.4 Å². The van der Waals surface area contributed by atoms with E-state index in [1.54, 1.807) is 17.9 Å². The molecule has 1 N–H and O–H groups in total. The summed E-state index contributed by atoms with van der Waals surface area (Å²) in [5, 5.41) is 9.57. The zero-order valence-electron chi connectivity index (χ0n) is 17.7. The van der Waals surface area contributed by atoms with E-state index in [4.69, 9.17) is 9.47 Å². The number of hydrogen-bond donors (Lipinski definition) is 1. The second-order valence-corrected chi connectivity index (χ2v) is 8.97. The van der Waals surface area contributed by atoms with E-state index >= 15 is 0 Å². The third-order valence-electron chi connectivity index (χ3n) is 6.32. The van der Waals surface area contributed by atoms with E-state index < -0.39 is 41.1 Å². The number of carbonyl (C=O) groups excluding carboxylic acids is 3. The van der Waals surface area contributed by atoms with Crippen LogP contribution in [-0.2, 0) is 23.9 Å². The lowest BCUT2D eigenvalue weighted by Crippen LogP contribution is -2.60. The molecule has 3 aliphatic rings. The van der Waals surface area contributed by atoms with E-state index in [0.717, 1.165) is 0 Å². The molecular weight excluding hydrogens is 376 g/mol. The quantitative estimate of drug-likeness (QED) is 0.493. The molecule has 1 spiro atoms. The number of hydrogen-bond acceptors (Lipinski definition) is 6. The van der Waals surface area contributed by atoms with Crippen molar-refractivity contribution in [1.82, 2.24) is 9.80 Å². The predicted molar refractivity (Wildman–Crippen MR) is 105 cm³/mol. The Hall–Kier alpha value is -1.93. The molecular formula is C21H32N2O6. The van der Waals surface area contributed by atoms with Crippen LogP contribution in [0.15, 0.2) is 12.7 Å². The average molecular weight is 408 g/mol. The van der Waals surface area contributed by atoms with Gasteiger partial charge in [-0.2, -0.15) is 0 Å². The Morgan fingerprint density at radius 1 is 1.45 bits per heavy atom. The number of fused-ring (bicyclic) bond motifs is 1. The Kier molecular flexibility index (Phi) is 5.80. The minimum atomic E-state index is -1.06. The highest BCUT2D eigenvalue weighted by atomic mass is 16.6. The molecule has 3 fully saturated rings. The van der Waals surface area contributed by atoms with E-state index in [9.17, 15) is 19.5 Å². The highest BCUT2D eigenvalue weighted by Crippen LogP contribution is 2.58. The van der Waals surface area contributed by atoms with Gasteiger partial charge in [-0.3, -0.25) is 14.4 Å². The lowest BCUT2D eigenvalue weighted by Gasteiger charge is -2.41. The summed E-state index contributed by atoms with van der Waals surface area (Å²) in [5.74, 6) is -2.48. The molecule has 162 valence electrons. The molecule has 3 saturated heterocycles. The number of likely N-dealkylation sites (tertiary alicyclic amines) is 1. The van der Waals surface area contributed by atoms with Gasteiger partial charge in [0.25, 0.3) is 0 Å². The lowest BCUT2D eigenvalue weighted by atomic mass is 9.70. The molecule has 3 aliphatic heterocycles. The van der Waals surface area contributed by atoms with Crippen LogP contribution in [0.1, 0.15) is 40.5 Å². The van der Waals surface area contributed by atoms with E-state index in [-0.39, 0.29) is 31.6 Å². The minimum absolute atomic E-state index is 0.0170. The molecule has 29 heavy (non-hydrogen) atoms. The van der Waals surface area contributed by atoms with Gasteiger partial charge in [-0.05, 0) is 40.5 Å². The lowest BCUT2D eigenvalue weighted by molar-refractivity contribution is -0.155. The van der Waals surface area contributed by atoms with E-state index in [0.29, 0.717) is 19.4 Å². The van der Waals surface area contributed by atoms with Gasteiger partial charge in [-0.15, -0.1) is 6.58 Å². The molecule has 0 aromatic carbocycles. The molecule has 0 aromatic heterocycles. The van der Waals surface area contributed by atoms with Crippen LogP contribution in [0.4, 0.5) is 0 Å². The van der Waals surface area contributed by atoms with Gasteiger partial charge in [0.15, 0.2) is 0 Å². The molecule has 0 aromatic rings. The van der Waals surface area contributed by atoms with Crippen LogP contribution < -0.4 is 0 Å². The Balaban J connectivity index is 2.04. The molecule has 3 heterocycles. The first kappa shape index (κ1) is 21.8. The van der Waals surface area contributed by atoms with Gasteiger partial charge in [0.05, 0.1) is 31.2 Å². The van der Waals surface area contributed by atoms with Gasteiger partial charge >= 0.3 is 5.97 Å². The molecule has 2 unspecified atom stereocenters. The van der Waals surface area contributed by atoms with Crippen molar-refractivity contribution in [3.05, 3.63) is 12.7 Å². The summed E-state index contributed by atoms with van der Waals surface area (Å²) < 4.78 is 11.5. The fourth-order valence-electron chi connectivity index (χ4n) is 5.26. The molecule has 2 amide bonds. The fourth-order valence-corrected chi connectivity index (χ4v) is 5.26. The van der Waals surface area contributed by atoms with Crippen molar-refractivity contribution in [3.8, 4) is 0 Å². The first-order valence-electron chi connectivity index (χ1n) is 10.3. The van der Waals surface area contributed by atoms with Crippen molar-refractivity contribution in [2.45, 2.75) is 63.8 Å². The molecule has 0 aliphatic carbocycles. The number of ether oxygens (including phenoxy) is 2. The van der Waals surface area contributed by atoms with Crippen LogP contribution in [0.2, 0.25) is 0 Å². The van der Waals surface area contributed by atoms with Crippen molar-refractivity contribution >= 4 is 17.8 Å². The highest BCUT2D eigenvalue weighted by Gasteiger charge is 2.75. The van der Waals surface area contributed by atoms with Gasteiger partial charge in [0, 0.05) is 18.6 Å². The third kappa shape index (κ3) is 3.26. The SMILES string of the molecule is C=CCN(C(=O)C1N(CCO)C(=O)[C@@H]2[C@H](C(=O)OCC)[C@@H]3CCC12O3)C(C)(C)C. The van der Waals surface area contributed by atoms with Gasteiger partial charge in [0.1, 0.15) is 11.6 Å². The minimum Gasteiger partial charge on any atom is -0.466 e. The number of nitrogens with zero attached hydrogens (tertiary/aromatic N) is 2. The summed E-state index contributed by atoms with van der Waals surface area (Å²) >= 11 is 0. The summed E-state index contributed by atoms with van der Waals surface area (Å²) in [5.41, 5.74) is -1.55. The van der Waals surface area contributed by atoms with Gasteiger partial charge in [-0.1, -0.05) is 6.08 Å². The standard InChI is InChI=1S/C21H32N2O6/c1-6-10-23(20(3,4)5)18(26)16-21-9-8-13(29-21)14(19(27)28-7-2)15(21)17(25)22(16)11-12-24/h6,13-16,24H,1,7-12H2,2-5H3/t13-,14+,15-,16?,21?/m0/s1. The Labute approximate surface area is 171 Å². The Morgan fingerprint density at radius 3 is 2.69 bits per heavy atom. The second kappa shape index (κ2) is 7.72. The van der Waals surface area contributed by atoms with E-state index in [1.165, 1.54) is 4.90 Å². The zero-order valence-corrected chi connectivity index (χ0v) is 17.7. The van der Waals surface area contributed by atoms with Gasteiger partial charge in [-0.25, -0.2) is 0 Å². The van der Waals surface area contributed by atoms with Crippen LogP contribution in [0, 0.1) is 11.8 Å². The van der Waals surface area contributed by atoms with Gasteiger partial charge in [0.2, 0.25) is 11.8 Å². The molecule has 0 radical (unpaired) electrons. The number of esters is 1. The summed E-state index contributed by atoms with van der Waals surface area (Å²) in [7, 11) is 0. The Morgan fingerprint density at radius 2 is 2.14 bits per heavy atom. The molecule has 3 rings (SSSR count). The summed E-state index contributed by atoms with van der Waals surface area (Å²) in [4.78, 5) is 42.8. The second-order valence-electron chi connectivity index (χ2n) is 8.97. The van der Waals surface area contributed by atoms with Crippen molar-refractivity contribution < 1.29 is 29.0 Å². The molecule has 0 saturated carbocycles. The van der Waals surface area contributed by atoms with Crippen molar-refractivity contribution in [3.63, 3.8) is 0 Å². The van der Waals surface area contributed by atoms with E-state index in [1.807, 2.05) is 20.8 Å². The van der Waals surface area contributed by atoms with Gasteiger partial charge < -0.3 is 24.4 Å². The number of β-amino-alcohol motifs (C(OH)–C–C–N with tert-alkyl or cyclic N) is 1. The van der Waals surface area contributed by atoms with Crippen LogP contribution in [-0.4, -0.2) is 82.3 Å². The zero-order chi connectivity index (χ0) is 21.6. The number of aliphatic hydroxyl groups is 1. The monoisotopic (exact) mass is 408 g/mol. The summed E-state index contributed by atoms with van der Waals surface area (Å²) in [6.45, 7) is 11.5. The number of aliphatic hydroxyl groups excluding tert-OH is 1.